The van der Waals surface area contributed by atoms with E-state index in [0.717, 1.165) is 31.8 Å². The van der Waals surface area contributed by atoms with Crippen LogP contribution in [-0.2, 0) is 4.79 Å². The van der Waals surface area contributed by atoms with E-state index in [9.17, 15) is 4.79 Å². The molecular formula is C16H31ClN2O. The largest absolute Gasteiger partial charge is 0.353 e. The molecule has 0 aromatic heterocycles. The fourth-order valence-corrected chi connectivity index (χ4v) is 3.78. The number of halogens is 1. The zero-order valence-corrected chi connectivity index (χ0v) is 14.0. The molecule has 1 aliphatic heterocycles. The maximum Gasteiger partial charge on any atom is 0.220 e. The van der Waals surface area contributed by atoms with Crippen molar-refractivity contribution < 1.29 is 4.79 Å². The SMILES string of the molecule is CC1CCC(C(C)C)C(NC(=O)CC2CCNC2)C1.Cl. The van der Waals surface area contributed by atoms with E-state index in [1.807, 2.05) is 0 Å². The van der Waals surface area contributed by atoms with Crippen LogP contribution >= 0.6 is 12.4 Å². The van der Waals surface area contributed by atoms with Crippen molar-refractivity contribution >= 4 is 18.3 Å². The Bertz CT molecular complexity index is 303. The summed E-state index contributed by atoms with van der Waals surface area (Å²) in [6.07, 6.45) is 5.62. The fraction of sp³-hybridized carbons (Fsp3) is 0.938. The lowest BCUT2D eigenvalue weighted by molar-refractivity contribution is -0.123. The molecule has 1 saturated heterocycles. The van der Waals surface area contributed by atoms with Crippen molar-refractivity contribution in [3.8, 4) is 0 Å². The van der Waals surface area contributed by atoms with E-state index in [0.29, 0.717) is 30.2 Å². The van der Waals surface area contributed by atoms with E-state index in [-0.39, 0.29) is 18.3 Å². The third-order valence-electron chi connectivity index (χ3n) is 5.01. The van der Waals surface area contributed by atoms with Crippen LogP contribution in [0.1, 0.15) is 52.9 Å². The Morgan fingerprint density at radius 2 is 2.05 bits per heavy atom. The normalized spacial score (nSPS) is 33.8. The second-order valence-corrected chi connectivity index (χ2v) is 7.06. The van der Waals surface area contributed by atoms with Crippen LogP contribution in [0.15, 0.2) is 0 Å². The van der Waals surface area contributed by atoms with Gasteiger partial charge in [0.05, 0.1) is 0 Å². The lowest BCUT2D eigenvalue weighted by Crippen LogP contribution is -2.46. The molecule has 1 aliphatic carbocycles. The highest BCUT2D eigenvalue weighted by Gasteiger charge is 2.32. The lowest BCUT2D eigenvalue weighted by Gasteiger charge is -2.38. The maximum absolute atomic E-state index is 12.2. The minimum atomic E-state index is 0. The van der Waals surface area contributed by atoms with Crippen molar-refractivity contribution in [2.75, 3.05) is 13.1 Å². The van der Waals surface area contributed by atoms with Crippen LogP contribution in [0.5, 0.6) is 0 Å². The average molecular weight is 303 g/mol. The maximum atomic E-state index is 12.2. The van der Waals surface area contributed by atoms with Crippen LogP contribution in [0, 0.1) is 23.7 Å². The molecule has 2 rings (SSSR count). The summed E-state index contributed by atoms with van der Waals surface area (Å²) >= 11 is 0. The van der Waals surface area contributed by atoms with E-state index in [2.05, 4.69) is 31.4 Å². The zero-order valence-electron chi connectivity index (χ0n) is 13.2. The van der Waals surface area contributed by atoms with Gasteiger partial charge in [-0.2, -0.15) is 0 Å². The Morgan fingerprint density at radius 3 is 2.65 bits per heavy atom. The van der Waals surface area contributed by atoms with Crippen molar-refractivity contribution in [1.82, 2.24) is 10.6 Å². The van der Waals surface area contributed by atoms with Gasteiger partial charge in [0, 0.05) is 12.5 Å². The molecule has 1 saturated carbocycles. The van der Waals surface area contributed by atoms with Gasteiger partial charge in [0.1, 0.15) is 0 Å². The van der Waals surface area contributed by atoms with Crippen molar-refractivity contribution in [2.24, 2.45) is 23.7 Å². The fourth-order valence-electron chi connectivity index (χ4n) is 3.78. The summed E-state index contributed by atoms with van der Waals surface area (Å²) in [7, 11) is 0. The molecule has 1 amide bonds. The van der Waals surface area contributed by atoms with E-state index >= 15 is 0 Å². The molecule has 0 spiro atoms. The second-order valence-electron chi connectivity index (χ2n) is 7.06. The van der Waals surface area contributed by atoms with Gasteiger partial charge in [0.2, 0.25) is 5.91 Å². The Labute approximate surface area is 130 Å². The van der Waals surface area contributed by atoms with Gasteiger partial charge in [0.15, 0.2) is 0 Å². The molecule has 0 bridgehead atoms. The van der Waals surface area contributed by atoms with E-state index in [1.54, 1.807) is 0 Å². The van der Waals surface area contributed by atoms with Gasteiger partial charge in [-0.05, 0) is 56.0 Å². The van der Waals surface area contributed by atoms with Gasteiger partial charge < -0.3 is 10.6 Å². The third-order valence-corrected chi connectivity index (χ3v) is 5.01. The number of carbonyl (C=O) groups excluding carboxylic acids is 1. The number of hydrogen-bond acceptors (Lipinski definition) is 2. The average Bonchev–Trinajstić information content (AvgIpc) is 2.81. The van der Waals surface area contributed by atoms with Crippen LogP contribution in [0.4, 0.5) is 0 Å². The van der Waals surface area contributed by atoms with Crippen LogP contribution in [0.3, 0.4) is 0 Å². The Morgan fingerprint density at radius 1 is 1.30 bits per heavy atom. The predicted molar refractivity (Wildman–Crippen MR) is 86.1 cm³/mol. The Hall–Kier alpha value is -0.280. The molecule has 4 heteroatoms. The molecule has 2 fully saturated rings. The monoisotopic (exact) mass is 302 g/mol. The summed E-state index contributed by atoms with van der Waals surface area (Å²) in [5, 5.41) is 6.68. The summed E-state index contributed by atoms with van der Waals surface area (Å²) in [5.74, 6) is 2.93. The van der Waals surface area contributed by atoms with Crippen molar-refractivity contribution in [2.45, 2.75) is 58.9 Å². The summed E-state index contributed by atoms with van der Waals surface area (Å²) in [4.78, 5) is 12.2. The molecule has 1 heterocycles. The van der Waals surface area contributed by atoms with Crippen molar-refractivity contribution in [3.05, 3.63) is 0 Å². The van der Waals surface area contributed by atoms with Gasteiger partial charge in [0.25, 0.3) is 0 Å². The summed E-state index contributed by atoms with van der Waals surface area (Å²) < 4.78 is 0. The Balaban J connectivity index is 0.00000200. The Kier molecular flexibility index (Phi) is 7.32. The molecule has 0 aromatic rings. The topological polar surface area (TPSA) is 41.1 Å². The number of rotatable bonds is 4. The second kappa shape index (κ2) is 8.23. The first-order valence-corrected chi connectivity index (χ1v) is 8.06. The molecular weight excluding hydrogens is 272 g/mol. The molecule has 0 radical (unpaired) electrons. The smallest absolute Gasteiger partial charge is 0.220 e. The van der Waals surface area contributed by atoms with Gasteiger partial charge in [-0.25, -0.2) is 0 Å². The van der Waals surface area contributed by atoms with Gasteiger partial charge in [-0.1, -0.05) is 27.2 Å². The molecule has 2 aliphatic rings. The highest BCUT2D eigenvalue weighted by Crippen LogP contribution is 2.33. The first kappa shape index (κ1) is 17.8. The standard InChI is InChI=1S/C16H30N2O.ClH/c1-11(2)14-5-4-12(3)8-15(14)18-16(19)9-13-6-7-17-10-13;/h11-15,17H,4-10H2,1-3H3,(H,18,19);1H. The minimum Gasteiger partial charge on any atom is -0.353 e. The molecule has 118 valence electrons. The van der Waals surface area contributed by atoms with Gasteiger partial charge >= 0.3 is 0 Å². The molecule has 20 heavy (non-hydrogen) atoms. The highest BCUT2D eigenvalue weighted by atomic mass is 35.5. The molecule has 4 atom stereocenters. The lowest BCUT2D eigenvalue weighted by atomic mass is 9.74. The third kappa shape index (κ3) is 4.92. The molecule has 3 nitrogen and oxygen atoms in total. The highest BCUT2D eigenvalue weighted by molar-refractivity contribution is 5.85. The number of carbonyl (C=O) groups is 1. The van der Waals surface area contributed by atoms with Gasteiger partial charge in [-0.15, -0.1) is 12.4 Å². The predicted octanol–water partition coefficient (Wildman–Crippen LogP) is 2.98. The van der Waals surface area contributed by atoms with Gasteiger partial charge in [-0.3, -0.25) is 4.79 Å². The van der Waals surface area contributed by atoms with Crippen LogP contribution < -0.4 is 10.6 Å². The molecule has 4 unspecified atom stereocenters. The first-order valence-electron chi connectivity index (χ1n) is 8.06. The van der Waals surface area contributed by atoms with E-state index < -0.39 is 0 Å². The van der Waals surface area contributed by atoms with Crippen LogP contribution in [0.2, 0.25) is 0 Å². The summed E-state index contributed by atoms with van der Waals surface area (Å²) in [6.45, 7) is 8.99. The van der Waals surface area contributed by atoms with Crippen molar-refractivity contribution in [1.29, 1.82) is 0 Å². The number of nitrogens with one attached hydrogen (secondary N) is 2. The summed E-state index contributed by atoms with van der Waals surface area (Å²) in [6, 6.07) is 0.408. The van der Waals surface area contributed by atoms with E-state index in [4.69, 9.17) is 0 Å². The minimum absolute atomic E-state index is 0. The van der Waals surface area contributed by atoms with Crippen LogP contribution in [0.25, 0.3) is 0 Å². The quantitative estimate of drug-likeness (QED) is 0.838. The van der Waals surface area contributed by atoms with Crippen LogP contribution in [-0.4, -0.2) is 25.0 Å². The zero-order chi connectivity index (χ0) is 13.8. The van der Waals surface area contributed by atoms with Crippen molar-refractivity contribution in [3.63, 3.8) is 0 Å². The summed E-state index contributed by atoms with van der Waals surface area (Å²) in [5.41, 5.74) is 0. The number of amides is 1. The number of hydrogen-bond donors (Lipinski definition) is 2. The molecule has 0 aromatic carbocycles. The van der Waals surface area contributed by atoms with E-state index in [1.165, 1.54) is 12.8 Å². The first-order chi connectivity index (χ1) is 9.06. The molecule has 2 N–H and O–H groups in total.